The van der Waals surface area contributed by atoms with Crippen molar-refractivity contribution in [3.63, 3.8) is 0 Å². The maximum Gasteiger partial charge on any atom is 0.302 e. The van der Waals surface area contributed by atoms with E-state index in [1.807, 2.05) is 0 Å². The third-order valence-electron chi connectivity index (χ3n) is 1.46. The molecule has 4 heteroatoms. The van der Waals surface area contributed by atoms with Crippen molar-refractivity contribution in [1.82, 2.24) is 0 Å². The molecule has 1 aliphatic rings. The van der Waals surface area contributed by atoms with Gasteiger partial charge in [0.15, 0.2) is 0 Å². The molecule has 3 nitrogen and oxygen atoms in total. The molecule has 0 aromatic carbocycles. The molecule has 1 N–H and O–H groups in total. The summed E-state index contributed by atoms with van der Waals surface area (Å²) in [5.74, 6) is 0. The van der Waals surface area contributed by atoms with Crippen LogP contribution in [0.4, 0.5) is 4.79 Å². The Morgan fingerprint density at radius 3 is 2.67 bits per heavy atom. The zero-order chi connectivity index (χ0) is 6.69. The van der Waals surface area contributed by atoms with Crippen molar-refractivity contribution >= 4 is 14.6 Å². The van der Waals surface area contributed by atoms with E-state index in [-0.39, 0.29) is 0 Å². The van der Waals surface area contributed by atoms with Gasteiger partial charge < -0.3 is 9.53 Å². The van der Waals surface area contributed by atoms with E-state index in [0.717, 1.165) is 18.9 Å². The lowest BCUT2D eigenvalue weighted by Gasteiger charge is -2.16. The lowest BCUT2D eigenvalue weighted by atomic mass is 10.4. The topological polar surface area (TPSA) is 46.5 Å². The molecule has 1 heterocycles. The van der Waals surface area contributed by atoms with Crippen LogP contribution < -0.4 is 0 Å². The summed E-state index contributed by atoms with van der Waals surface area (Å²) in [4.78, 5) is 10.3. The van der Waals surface area contributed by atoms with Crippen LogP contribution in [0.2, 0.25) is 6.04 Å². The molecule has 0 aromatic heterocycles. The Kier molecular flexibility index (Phi) is 2.24. The number of hydrogen-bond donors (Lipinski definition) is 1. The van der Waals surface area contributed by atoms with Gasteiger partial charge in [-0.2, -0.15) is 0 Å². The van der Waals surface area contributed by atoms with E-state index >= 15 is 0 Å². The minimum absolute atomic E-state index is 0.670. The number of carboxylic acid groups (broad SMARTS) is 1. The standard InChI is InChI=1S/C5H10O3Si/c6-5(7)9-4-2-1-3-8-9/h9H,1-4H2,(H,6,7). The van der Waals surface area contributed by atoms with Crippen molar-refractivity contribution in [3.8, 4) is 0 Å². The molecule has 0 spiro atoms. The highest BCUT2D eigenvalue weighted by atomic mass is 28.3. The zero-order valence-corrected chi connectivity index (χ0v) is 6.32. The molecule has 1 saturated heterocycles. The van der Waals surface area contributed by atoms with Gasteiger partial charge in [-0.15, -0.1) is 0 Å². The Labute approximate surface area is 55.4 Å². The van der Waals surface area contributed by atoms with Gasteiger partial charge in [0, 0.05) is 6.61 Å². The van der Waals surface area contributed by atoms with E-state index in [0.29, 0.717) is 6.61 Å². The van der Waals surface area contributed by atoms with E-state index in [1.165, 1.54) is 0 Å². The van der Waals surface area contributed by atoms with Crippen molar-refractivity contribution in [2.75, 3.05) is 6.61 Å². The Morgan fingerprint density at radius 1 is 1.56 bits per heavy atom. The number of hydrogen-bond acceptors (Lipinski definition) is 2. The predicted molar refractivity (Wildman–Crippen MR) is 35.2 cm³/mol. The third kappa shape index (κ3) is 1.80. The largest absolute Gasteiger partial charge is 0.484 e. The highest BCUT2D eigenvalue weighted by Gasteiger charge is 2.23. The van der Waals surface area contributed by atoms with Crippen molar-refractivity contribution in [1.29, 1.82) is 0 Å². The van der Waals surface area contributed by atoms with Crippen LogP contribution in [0.3, 0.4) is 0 Å². The zero-order valence-electron chi connectivity index (χ0n) is 5.17. The first-order valence-corrected chi connectivity index (χ1v) is 5.01. The second-order valence-corrected chi connectivity index (χ2v) is 4.58. The average molecular weight is 146 g/mol. The fourth-order valence-electron chi connectivity index (χ4n) is 0.935. The Balaban J connectivity index is 2.31. The fraction of sp³-hybridized carbons (Fsp3) is 0.800. The van der Waals surface area contributed by atoms with Gasteiger partial charge in [0.1, 0.15) is 0 Å². The van der Waals surface area contributed by atoms with Crippen molar-refractivity contribution in [2.45, 2.75) is 18.9 Å². The summed E-state index contributed by atoms with van der Waals surface area (Å²) in [6.07, 6.45) is 2.08. The molecule has 0 radical (unpaired) electrons. The van der Waals surface area contributed by atoms with Crippen LogP contribution in [0.25, 0.3) is 0 Å². The molecule has 1 rings (SSSR count). The van der Waals surface area contributed by atoms with Gasteiger partial charge in [-0.25, -0.2) is 0 Å². The summed E-state index contributed by atoms with van der Waals surface area (Å²) in [6.45, 7) is 0.670. The normalized spacial score (nSPS) is 27.8. The third-order valence-corrected chi connectivity index (χ3v) is 3.58. The summed E-state index contributed by atoms with van der Waals surface area (Å²) in [5.41, 5.74) is -0.685. The van der Waals surface area contributed by atoms with Crippen LogP contribution in [-0.4, -0.2) is 26.3 Å². The Morgan fingerprint density at radius 2 is 2.33 bits per heavy atom. The maximum absolute atomic E-state index is 10.3. The van der Waals surface area contributed by atoms with Crippen LogP contribution in [0, 0.1) is 0 Å². The van der Waals surface area contributed by atoms with Gasteiger partial charge in [0.2, 0.25) is 0 Å². The highest BCUT2D eigenvalue weighted by molar-refractivity contribution is 6.83. The monoisotopic (exact) mass is 146 g/mol. The van der Waals surface area contributed by atoms with Gasteiger partial charge in [-0.3, -0.25) is 4.79 Å². The second-order valence-electron chi connectivity index (χ2n) is 2.19. The summed E-state index contributed by atoms with van der Waals surface area (Å²) in [6, 6.07) is 0.815. The quantitative estimate of drug-likeness (QED) is 0.556. The molecule has 0 aromatic rings. The summed E-state index contributed by atoms with van der Waals surface area (Å²) < 4.78 is 5.08. The second kappa shape index (κ2) is 2.98. The number of rotatable bonds is 1. The first-order valence-electron chi connectivity index (χ1n) is 3.15. The smallest absolute Gasteiger partial charge is 0.302 e. The van der Waals surface area contributed by atoms with Crippen LogP contribution in [0.15, 0.2) is 0 Å². The molecule has 1 atom stereocenters. The van der Waals surface area contributed by atoms with Gasteiger partial charge in [-0.1, -0.05) is 6.42 Å². The molecular weight excluding hydrogens is 136 g/mol. The minimum Gasteiger partial charge on any atom is -0.484 e. The molecule has 0 saturated carbocycles. The molecule has 1 fully saturated rings. The Bertz CT molecular complexity index is 109. The maximum atomic E-state index is 10.3. The van der Waals surface area contributed by atoms with Crippen LogP contribution in [0.5, 0.6) is 0 Å². The van der Waals surface area contributed by atoms with Gasteiger partial charge >= 0.3 is 9.04 Å². The number of carbonyl (C=O) groups is 1. The lowest BCUT2D eigenvalue weighted by molar-refractivity contribution is 0.204. The van der Waals surface area contributed by atoms with E-state index in [2.05, 4.69) is 0 Å². The van der Waals surface area contributed by atoms with E-state index in [4.69, 9.17) is 9.53 Å². The molecular formula is C5H10O3Si. The van der Waals surface area contributed by atoms with Crippen LogP contribution in [-0.2, 0) is 4.43 Å². The predicted octanol–water partition coefficient (Wildman–Crippen LogP) is 0.780. The molecule has 0 bridgehead atoms. The van der Waals surface area contributed by atoms with Crippen LogP contribution in [0.1, 0.15) is 12.8 Å². The molecule has 0 amide bonds. The summed E-state index contributed by atoms with van der Waals surface area (Å²) >= 11 is 0. The molecule has 9 heavy (non-hydrogen) atoms. The molecule has 1 unspecified atom stereocenters. The van der Waals surface area contributed by atoms with Gasteiger partial charge in [0.25, 0.3) is 5.59 Å². The minimum atomic E-state index is -1.78. The van der Waals surface area contributed by atoms with Crippen molar-refractivity contribution < 1.29 is 14.3 Å². The summed E-state index contributed by atoms with van der Waals surface area (Å²) in [5, 5.41) is 8.47. The average Bonchev–Trinajstić information content (AvgIpc) is 1.90. The van der Waals surface area contributed by atoms with E-state index in [9.17, 15) is 4.79 Å². The van der Waals surface area contributed by atoms with Gasteiger partial charge in [0.05, 0.1) is 0 Å². The first kappa shape index (κ1) is 6.76. The van der Waals surface area contributed by atoms with E-state index < -0.39 is 14.6 Å². The van der Waals surface area contributed by atoms with Gasteiger partial charge in [-0.05, 0) is 12.5 Å². The van der Waals surface area contributed by atoms with E-state index in [1.54, 1.807) is 0 Å². The molecule has 0 aliphatic carbocycles. The van der Waals surface area contributed by atoms with Crippen molar-refractivity contribution in [2.24, 2.45) is 0 Å². The lowest BCUT2D eigenvalue weighted by Crippen LogP contribution is -2.31. The van der Waals surface area contributed by atoms with Crippen LogP contribution >= 0.6 is 0 Å². The van der Waals surface area contributed by atoms with Crippen molar-refractivity contribution in [3.05, 3.63) is 0 Å². The molecule has 52 valence electrons. The molecule has 1 aliphatic heterocycles. The summed E-state index contributed by atoms with van der Waals surface area (Å²) in [7, 11) is -1.78. The first-order chi connectivity index (χ1) is 4.30. The Hall–Kier alpha value is -0.353. The SMILES string of the molecule is O=C(O)[SiH]1CCCCO1. The highest BCUT2D eigenvalue weighted by Crippen LogP contribution is 2.10. The fourth-order valence-corrected chi connectivity index (χ4v) is 2.60.